The third kappa shape index (κ3) is 4.66. The van der Waals surface area contributed by atoms with Crippen molar-refractivity contribution >= 4 is 17.8 Å². The van der Waals surface area contributed by atoms with Gasteiger partial charge in [0.2, 0.25) is 0 Å². The number of nitrogens with zero attached hydrogens (tertiary/aromatic N) is 3. The van der Waals surface area contributed by atoms with E-state index in [9.17, 15) is 4.79 Å². The molecule has 0 aliphatic carbocycles. The zero-order valence-electron chi connectivity index (χ0n) is 13.4. The first-order valence-corrected chi connectivity index (χ1v) is 8.57. The van der Waals surface area contributed by atoms with Crippen molar-refractivity contribution in [2.45, 2.75) is 44.9 Å². The van der Waals surface area contributed by atoms with Crippen LogP contribution in [-0.4, -0.2) is 50.8 Å². The molecule has 1 aromatic rings. The second kappa shape index (κ2) is 6.73. The van der Waals surface area contributed by atoms with E-state index in [1.54, 1.807) is 0 Å². The van der Waals surface area contributed by atoms with Crippen LogP contribution in [-0.2, 0) is 6.42 Å². The average molecular weight is 310 g/mol. The highest BCUT2D eigenvalue weighted by Crippen LogP contribution is 2.29. The van der Waals surface area contributed by atoms with Crippen molar-refractivity contribution in [3.05, 3.63) is 18.0 Å². The van der Waals surface area contributed by atoms with Gasteiger partial charge in [-0.15, -0.1) is 0 Å². The smallest absolute Gasteiger partial charge is 0.317 e. The number of amides is 2. The van der Waals surface area contributed by atoms with Crippen LogP contribution in [0.4, 0.5) is 4.79 Å². The minimum atomic E-state index is 0.0478. The number of urea groups is 1. The number of thioether (sulfide) groups is 1. The fraction of sp³-hybridized carbons (Fsp3) is 0.733. The number of rotatable bonds is 4. The first-order valence-electron chi connectivity index (χ1n) is 7.58. The molecule has 21 heavy (non-hydrogen) atoms. The molecule has 1 aliphatic rings. The van der Waals surface area contributed by atoms with E-state index >= 15 is 0 Å². The summed E-state index contributed by atoms with van der Waals surface area (Å²) in [7, 11) is 0. The lowest BCUT2D eigenvalue weighted by Crippen LogP contribution is -2.50. The number of aromatic nitrogens is 2. The van der Waals surface area contributed by atoms with Crippen LogP contribution in [0.25, 0.3) is 0 Å². The molecule has 0 bridgehead atoms. The Labute approximate surface area is 131 Å². The van der Waals surface area contributed by atoms with Gasteiger partial charge in [-0.2, -0.15) is 16.9 Å². The lowest BCUT2D eigenvalue weighted by Gasteiger charge is -2.37. The van der Waals surface area contributed by atoms with Crippen molar-refractivity contribution in [2.24, 2.45) is 0 Å². The maximum atomic E-state index is 12.2. The van der Waals surface area contributed by atoms with E-state index in [0.29, 0.717) is 12.6 Å². The zero-order valence-corrected chi connectivity index (χ0v) is 14.2. The Balaban J connectivity index is 1.76. The van der Waals surface area contributed by atoms with E-state index in [4.69, 9.17) is 0 Å². The van der Waals surface area contributed by atoms with Gasteiger partial charge in [-0.3, -0.25) is 4.68 Å². The molecule has 6 heteroatoms. The molecule has 1 N–H and O–H groups in total. The molecular formula is C15H26N4OS. The second-order valence-electron chi connectivity index (χ2n) is 6.39. The monoisotopic (exact) mass is 310 g/mol. The van der Waals surface area contributed by atoms with Crippen LogP contribution in [0, 0.1) is 0 Å². The van der Waals surface area contributed by atoms with Crippen LogP contribution in [0.1, 0.15) is 39.4 Å². The average Bonchev–Trinajstić information content (AvgIpc) is 2.86. The molecule has 1 aliphatic heterocycles. The van der Waals surface area contributed by atoms with Crippen molar-refractivity contribution in [1.82, 2.24) is 20.0 Å². The van der Waals surface area contributed by atoms with Gasteiger partial charge in [-0.05, 0) is 33.8 Å². The summed E-state index contributed by atoms with van der Waals surface area (Å²) in [6.07, 6.45) is 2.77. The minimum Gasteiger partial charge on any atom is -0.338 e. The summed E-state index contributed by atoms with van der Waals surface area (Å²) in [5.74, 6) is 1.01. The maximum Gasteiger partial charge on any atom is 0.317 e. The molecule has 0 saturated carbocycles. The Bertz CT molecular complexity index is 484. The summed E-state index contributed by atoms with van der Waals surface area (Å²) >= 11 is 1.93. The summed E-state index contributed by atoms with van der Waals surface area (Å²) in [4.78, 5) is 14.1. The molecule has 2 amide bonds. The summed E-state index contributed by atoms with van der Waals surface area (Å²) in [6.45, 7) is 10.9. The van der Waals surface area contributed by atoms with Gasteiger partial charge in [0, 0.05) is 48.8 Å². The van der Waals surface area contributed by atoms with Gasteiger partial charge in [-0.1, -0.05) is 0 Å². The van der Waals surface area contributed by atoms with Gasteiger partial charge in [0.1, 0.15) is 0 Å². The number of hydrogen-bond donors (Lipinski definition) is 1. The lowest BCUT2D eigenvalue weighted by molar-refractivity contribution is 0.195. The standard InChI is InChI=1S/C15H26N4OS/c1-12(2)19-8-6-13(17-19)5-7-16-14(20)18-9-10-21-15(3,4)11-18/h6,8,12H,5,7,9-11H2,1-4H3,(H,16,20). The van der Waals surface area contributed by atoms with Crippen LogP contribution in [0.3, 0.4) is 0 Å². The predicted molar refractivity (Wildman–Crippen MR) is 87.8 cm³/mol. The molecule has 0 unspecified atom stereocenters. The number of carbonyl (C=O) groups excluding carboxylic acids is 1. The second-order valence-corrected chi connectivity index (χ2v) is 8.19. The van der Waals surface area contributed by atoms with E-state index in [0.717, 1.165) is 31.0 Å². The van der Waals surface area contributed by atoms with E-state index in [1.165, 1.54) is 0 Å². The first-order chi connectivity index (χ1) is 9.87. The van der Waals surface area contributed by atoms with Crippen LogP contribution in [0.5, 0.6) is 0 Å². The summed E-state index contributed by atoms with van der Waals surface area (Å²) in [5.41, 5.74) is 1.03. The van der Waals surface area contributed by atoms with Gasteiger partial charge < -0.3 is 10.2 Å². The SMILES string of the molecule is CC(C)n1ccc(CCNC(=O)N2CCSC(C)(C)C2)n1. The topological polar surface area (TPSA) is 50.2 Å². The first kappa shape index (κ1) is 16.2. The molecule has 1 saturated heterocycles. The molecule has 5 nitrogen and oxygen atoms in total. The largest absolute Gasteiger partial charge is 0.338 e. The molecular weight excluding hydrogens is 284 g/mol. The van der Waals surface area contributed by atoms with Crippen molar-refractivity contribution in [1.29, 1.82) is 0 Å². The Morgan fingerprint density at radius 1 is 1.52 bits per heavy atom. The Hall–Kier alpha value is -1.17. The highest BCUT2D eigenvalue weighted by molar-refractivity contribution is 8.00. The molecule has 2 heterocycles. The van der Waals surface area contributed by atoms with Crippen LogP contribution >= 0.6 is 11.8 Å². The third-order valence-corrected chi connectivity index (χ3v) is 4.86. The third-order valence-electron chi connectivity index (χ3n) is 3.56. The molecule has 1 aromatic heterocycles. The van der Waals surface area contributed by atoms with Crippen molar-refractivity contribution in [3.8, 4) is 0 Å². The van der Waals surface area contributed by atoms with Crippen LogP contribution in [0.15, 0.2) is 12.3 Å². The molecule has 0 radical (unpaired) electrons. The summed E-state index contributed by atoms with van der Waals surface area (Å²) < 4.78 is 2.10. The Morgan fingerprint density at radius 3 is 2.90 bits per heavy atom. The van der Waals surface area contributed by atoms with Gasteiger partial charge in [0.15, 0.2) is 0 Å². The van der Waals surface area contributed by atoms with Crippen molar-refractivity contribution < 1.29 is 4.79 Å². The van der Waals surface area contributed by atoms with Gasteiger partial charge >= 0.3 is 6.03 Å². The van der Waals surface area contributed by atoms with Gasteiger partial charge in [0.05, 0.1) is 5.69 Å². The molecule has 0 spiro atoms. The molecule has 1 fully saturated rings. The molecule has 0 aromatic carbocycles. The van der Waals surface area contributed by atoms with E-state index in [2.05, 4.69) is 38.1 Å². The van der Waals surface area contributed by atoms with Crippen molar-refractivity contribution in [2.75, 3.05) is 25.4 Å². The number of carbonyl (C=O) groups is 1. The van der Waals surface area contributed by atoms with Gasteiger partial charge in [-0.25, -0.2) is 4.79 Å². The summed E-state index contributed by atoms with van der Waals surface area (Å²) in [5, 5.41) is 7.50. The highest BCUT2D eigenvalue weighted by atomic mass is 32.2. The highest BCUT2D eigenvalue weighted by Gasteiger charge is 2.29. The van der Waals surface area contributed by atoms with E-state index < -0.39 is 0 Å². The maximum absolute atomic E-state index is 12.2. The van der Waals surface area contributed by atoms with Crippen LogP contribution < -0.4 is 5.32 Å². The fourth-order valence-electron chi connectivity index (χ4n) is 2.40. The molecule has 0 atom stereocenters. The molecule has 2 rings (SSSR count). The quantitative estimate of drug-likeness (QED) is 0.930. The zero-order chi connectivity index (χ0) is 15.5. The lowest BCUT2D eigenvalue weighted by atomic mass is 10.2. The van der Waals surface area contributed by atoms with Crippen molar-refractivity contribution in [3.63, 3.8) is 0 Å². The Morgan fingerprint density at radius 2 is 2.29 bits per heavy atom. The summed E-state index contributed by atoms with van der Waals surface area (Å²) in [6, 6.07) is 2.44. The predicted octanol–water partition coefficient (Wildman–Crippen LogP) is 2.54. The molecule has 118 valence electrons. The minimum absolute atomic E-state index is 0.0478. The van der Waals surface area contributed by atoms with Gasteiger partial charge in [0.25, 0.3) is 0 Å². The van der Waals surface area contributed by atoms with Crippen LogP contribution in [0.2, 0.25) is 0 Å². The number of hydrogen-bond acceptors (Lipinski definition) is 3. The normalized spacial score (nSPS) is 18.0. The fourth-order valence-corrected chi connectivity index (χ4v) is 3.51. The Kier molecular flexibility index (Phi) is 5.19. The number of nitrogens with one attached hydrogen (secondary N) is 1. The van der Waals surface area contributed by atoms with E-state index in [-0.39, 0.29) is 10.8 Å². The van der Waals surface area contributed by atoms with E-state index in [1.807, 2.05) is 33.6 Å².